The molecule has 0 heterocycles. The van der Waals surface area contributed by atoms with Crippen molar-refractivity contribution in [3.63, 3.8) is 0 Å². The van der Waals surface area contributed by atoms with Crippen molar-refractivity contribution in [1.82, 2.24) is 0 Å². The smallest absolute Gasteiger partial charge is 0.262 e. The number of carbonyl (C=O) groups excluding carboxylic acids is 1. The second-order valence-electron chi connectivity index (χ2n) is 1.46. The van der Waals surface area contributed by atoms with Crippen molar-refractivity contribution in [2.45, 2.75) is 13.3 Å². The van der Waals surface area contributed by atoms with Gasteiger partial charge >= 0.3 is 0 Å². The number of carbonyl (C=O) groups is 1. The minimum atomic E-state index is -0.636. The summed E-state index contributed by atoms with van der Waals surface area (Å²) in [5.74, 6) is -0.636. The van der Waals surface area contributed by atoms with Gasteiger partial charge in [-0.05, 0) is 12.8 Å². The van der Waals surface area contributed by atoms with Crippen LogP contribution in [0.2, 0.25) is 0 Å². The fraction of sp³-hybridized carbons (Fsp3) is 0.400. The van der Waals surface area contributed by atoms with E-state index >= 15 is 0 Å². The summed E-state index contributed by atoms with van der Waals surface area (Å²) < 4.78 is 0. The summed E-state index contributed by atoms with van der Waals surface area (Å²) in [6.45, 7) is 1.78. The maximum absolute atomic E-state index is 10.1. The highest BCUT2D eigenvalue weighted by Crippen LogP contribution is 1.85. The molecule has 0 aliphatic heterocycles. The Labute approximate surface area is 48.4 Å². The van der Waals surface area contributed by atoms with Crippen LogP contribution >= 0.6 is 0 Å². The van der Waals surface area contributed by atoms with Gasteiger partial charge in [0.25, 0.3) is 5.91 Å². The molecule has 3 N–H and O–H groups in total. The van der Waals surface area contributed by atoms with Crippen molar-refractivity contribution >= 4 is 11.6 Å². The van der Waals surface area contributed by atoms with Crippen LogP contribution in [0.3, 0.4) is 0 Å². The molecule has 0 atom stereocenters. The van der Waals surface area contributed by atoms with E-state index in [9.17, 15) is 4.79 Å². The molecule has 3 heteroatoms. The second-order valence-corrected chi connectivity index (χ2v) is 1.46. The molecule has 3 nitrogen and oxygen atoms in total. The van der Waals surface area contributed by atoms with E-state index in [0.717, 1.165) is 0 Å². The fourth-order valence-electron chi connectivity index (χ4n) is 0.305. The lowest BCUT2D eigenvalue weighted by atomic mass is 10.2. The van der Waals surface area contributed by atoms with Gasteiger partial charge in [0.2, 0.25) is 0 Å². The summed E-state index contributed by atoms with van der Waals surface area (Å²) in [6, 6.07) is 0. The zero-order valence-corrected chi connectivity index (χ0v) is 4.77. The van der Waals surface area contributed by atoms with E-state index < -0.39 is 5.91 Å². The first kappa shape index (κ1) is 7.14. The average Bonchev–Trinajstić information content (AvgIpc) is 1.67. The van der Waals surface area contributed by atoms with E-state index in [-0.39, 0.29) is 5.71 Å². The lowest BCUT2D eigenvalue weighted by Gasteiger charge is -1.91. The van der Waals surface area contributed by atoms with Crippen molar-refractivity contribution in [2.75, 3.05) is 0 Å². The van der Waals surface area contributed by atoms with Gasteiger partial charge in [0.1, 0.15) is 0 Å². The van der Waals surface area contributed by atoms with Crippen LogP contribution in [0.15, 0.2) is 0 Å². The highest BCUT2D eigenvalue weighted by Gasteiger charge is 1.99. The summed E-state index contributed by atoms with van der Waals surface area (Å²) in [5.41, 5.74) is 4.70. The first-order chi connectivity index (χ1) is 3.68. The summed E-state index contributed by atoms with van der Waals surface area (Å²) in [5, 5.41) is 6.84. The zero-order valence-electron chi connectivity index (χ0n) is 4.77. The van der Waals surface area contributed by atoms with E-state index in [2.05, 4.69) is 0 Å². The van der Waals surface area contributed by atoms with Crippen molar-refractivity contribution < 1.29 is 4.79 Å². The van der Waals surface area contributed by atoms with Crippen LogP contribution in [0.4, 0.5) is 0 Å². The second kappa shape index (κ2) is 3.18. The van der Waals surface area contributed by atoms with Gasteiger partial charge in [0.05, 0.1) is 5.71 Å². The molecular formula is C5H9N2O. The third-order valence-electron chi connectivity index (χ3n) is 0.706. The maximum Gasteiger partial charge on any atom is 0.262 e. The number of nitrogens with two attached hydrogens (primary N) is 1. The van der Waals surface area contributed by atoms with Crippen molar-refractivity contribution in [2.24, 2.45) is 5.73 Å². The first-order valence-electron chi connectivity index (χ1n) is 2.33. The van der Waals surface area contributed by atoms with Crippen LogP contribution in [0.1, 0.15) is 13.3 Å². The third kappa shape index (κ3) is 2.34. The molecular weight excluding hydrogens is 104 g/mol. The van der Waals surface area contributed by atoms with Crippen molar-refractivity contribution in [1.29, 1.82) is 5.41 Å². The molecule has 8 heavy (non-hydrogen) atoms. The van der Waals surface area contributed by atoms with Crippen LogP contribution in [0.25, 0.3) is 0 Å². The van der Waals surface area contributed by atoms with Gasteiger partial charge in [-0.2, -0.15) is 0 Å². The minimum Gasteiger partial charge on any atom is -0.365 e. The Morgan fingerprint density at radius 3 is 2.50 bits per heavy atom. The lowest BCUT2D eigenvalue weighted by molar-refractivity contribution is -0.112. The van der Waals surface area contributed by atoms with Crippen molar-refractivity contribution in [3.8, 4) is 0 Å². The molecule has 0 bridgehead atoms. The van der Waals surface area contributed by atoms with Crippen LogP contribution < -0.4 is 5.73 Å². The zero-order chi connectivity index (χ0) is 6.57. The van der Waals surface area contributed by atoms with E-state index in [1.54, 1.807) is 13.3 Å². The Morgan fingerprint density at radius 1 is 1.88 bits per heavy atom. The van der Waals surface area contributed by atoms with Crippen molar-refractivity contribution in [3.05, 3.63) is 6.42 Å². The van der Waals surface area contributed by atoms with Gasteiger partial charge in [-0.3, -0.25) is 10.2 Å². The molecule has 0 aromatic rings. The predicted octanol–water partition coefficient (Wildman–Crippen LogP) is 0.106. The van der Waals surface area contributed by atoms with Gasteiger partial charge < -0.3 is 5.73 Å². The van der Waals surface area contributed by atoms with Gasteiger partial charge in [-0.1, -0.05) is 6.92 Å². The van der Waals surface area contributed by atoms with Gasteiger partial charge in [-0.15, -0.1) is 0 Å². The Morgan fingerprint density at radius 2 is 2.38 bits per heavy atom. The number of hydrogen-bond acceptors (Lipinski definition) is 2. The number of amides is 1. The number of primary amides is 1. The number of nitrogens with one attached hydrogen (secondary N) is 1. The van der Waals surface area contributed by atoms with E-state index in [4.69, 9.17) is 11.1 Å². The SMILES string of the molecule is C[CH]CC(=N)C(N)=O. The molecule has 0 unspecified atom stereocenters. The summed E-state index contributed by atoms with van der Waals surface area (Å²) in [6.07, 6.45) is 2.09. The minimum absolute atomic E-state index is 0.0347. The van der Waals surface area contributed by atoms with E-state index in [1.807, 2.05) is 0 Å². The van der Waals surface area contributed by atoms with E-state index in [0.29, 0.717) is 6.42 Å². The van der Waals surface area contributed by atoms with Crippen LogP contribution in [0, 0.1) is 11.8 Å². The largest absolute Gasteiger partial charge is 0.365 e. The van der Waals surface area contributed by atoms with Crippen LogP contribution in [-0.4, -0.2) is 11.6 Å². The van der Waals surface area contributed by atoms with Gasteiger partial charge in [0, 0.05) is 0 Å². The Bertz CT molecular complexity index is 109. The Balaban J connectivity index is 3.49. The molecule has 0 saturated carbocycles. The molecule has 0 aromatic heterocycles. The first-order valence-corrected chi connectivity index (χ1v) is 2.33. The molecule has 0 aliphatic carbocycles. The lowest BCUT2D eigenvalue weighted by Crippen LogP contribution is -2.21. The molecule has 0 aliphatic rings. The van der Waals surface area contributed by atoms with Gasteiger partial charge in [0.15, 0.2) is 0 Å². The topological polar surface area (TPSA) is 66.9 Å². The molecule has 0 rings (SSSR count). The summed E-state index contributed by atoms with van der Waals surface area (Å²) in [4.78, 5) is 10.1. The van der Waals surface area contributed by atoms with E-state index in [1.165, 1.54) is 0 Å². The standard InChI is InChI=1S/C5H9N2O/c1-2-3-4(6)5(7)8/h2,6H,3H2,1H3,(H2,7,8). The number of rotatable bonds is 3. The molecule has 1 amide bonds. The highest BCUT2D eigenvalue weighted by atomic mass is 16.1. The highest BCUT2D eigenvalue weighted by molar-refractivity contribution is 6.37. The monoisotopic (exact) mass is 113 g/mol. The Hall–Kier alpha value is -0.860. The molecule has 1 radical (unpaired) electrons. The Kier molecular flexibility index (Phi) is 2.84. The number of hydrogen-bond donors (Lipinski definition) is 2. The molecule has 0 saturated heterocycles. The normalized spacial score (nSPS) is 8.62. The summed E-state index contributed by atoms with van der Waals surface area (Å²) in [7, 11) is 0. The maximum atomic E-state index is 10.1. The van der Waals surface area contributed by atoms with Crippen LogP contribution in [0.5, 0.6) is 0 Å². The molecule has 0 spiro atoms. The average molecular weight is 113 g/mol. The van der Waals surface area contributed by atoms with Crippen LogP contribution in [-0.2, 0) is 4.79 Å². The fourth-order valence-corrected chi connectivity index (χ4v) is 0.305. The quantitative estimate of drug-likeness (QED) is 0.501. The summed E-state index contributed by atoms with van der Waals surface area (Å²) >= 11 is 0. The predicted molar refractivity (Wildman–Crippen MR) is 31.5 cm³/mol. The van der Waals surface area contributed by atoms with Gasteiger partial charge in [-0.25, -0.2) is 0 Å². The molecule has 45 valence electrons. The third-order valence-corrected chi connectivity index (χ3v) is 0.706. The molecule has 0 fully saturated rings. The molecule has 0 aromatic carbocycles.